The second-order valence-electron chi connectivity index (χ2n) is 5.65. The van der Waals surface area contributed by atoms with Gasteiger partial charge in [-0.2, -0.15) is 0 Å². The van der Waals surface area contributed by atoms with Crippen LogP contribution in [-0.4, -0.2) is 48.5 Å². The highest BCUT2D eigenvalue weighted by Crippen LogP contribution is 2.22. The molecule has 7 nitrogen and oxygen atoms in total. The Morgan fingerprint density at radius 2 is 1.92 bits per heavy atom. The molecule has 1 N–H and O–H groups in total. The van der Waals surface area contributed by atoms with E-state index in [1.54, 1.807) is 27.0 Å². The molecule has 0 aliphatic rings. The molecule has 2 aromatic rings. The number of nitrogens with one attached hydrogen (secondary N) is 1. The van der Waals surface area contributed by atoms with E-state index in [0.29, 0.717) is 22.1 Å². The third-order valence-corrected chi connectivity index (χ3v) is 5.02. The number of halogens is 1. The Morgan fingerprint density at radius 3 is 2.50 bits per heavy atom. The number of carbonyl (C=O) groups excluding carboxylic acids is 3. The number of nitrogens with zero attached hydrogens (tertiary/aromatic N) is 1. The molecule has 2 aromatic heterocycles. The first-order valence-electron chi connectivity index (χ1n) is 7.67. The number of hydrogen-bond acceptors (Lipinski definition) is 6. The van der Waals surface area contributed by atoms with Gasteiger partial charge in [-0.1, -0.05) is 11.6 Å². The minimum atomic E-state index is -0.707. The van der Waals surface area contributed by atoms with Crippen molar-refractivity contribution in [2.75, 3.05) is 20.8 Å². The summed E-state index contributed by atoms with van der Waals surface area (Å²) < 4.78 is 10.4. The van der Waals surface area contributed by atoms with Crippen LogP contribution in [0.1, 0.15) is 37.0 Å². The first kappa shape index (κ1) is 20.0. The van der Waals surface area contributed by atoms with Gasteiger partial charge in [0.2, 0.25) is 0 Å². The molecule has 0 aliphatic carbocycles. The summed E-state index contributed by atoms with van der Waals surface area (Å²) in [7, 11) is 2.88. The molecule has 0 fully saturated rings. The van der Waals surface area contributed by atoms with E-state index in [9.17, 15) is 14.4 Å². The lowest BCUT2D eigenvalue weighted by molar-refractivity contribution is -0.133. The second kappa shape index (κ2) is 8.37. The summed E-state index contributed by atoms with van der Waals surface area (Å²) in [6, 6.07) is 3.59. The van der Waals surface area contributed by atoms with E-state index in [4.69, 9.17) is 21.1 Å². The largest absolute Gasteiger partial charge is 0.465 e. The van der Waals surface area contributed by atoms with E-state index in [1.165, 1.54) is 23.3 Å². The van der Waals surface area contributed by atoms with Crippen LogP contribution in [0.3, 0.4) is 0 Å². The number of hydrogen-bond donors (Lipinski definition) is 1. The molecule has 2 heterocycles. The molecule has 0 spiro atoms. The molecule has 0 radical (unpaired) electrons. The number of amides is 1. The smallest absolute Gasteiger partial charge is 0.355 e. The minimum Gasteiger partial charge on any atom is -0.465 e. The average Bonchev–Trinajstić information content (AvgIpc) is 3.14. The Labute approximate surface area is 159 Å². The molecule has 9 heteroatoms. The van der Waals surface area contributed by atoms with Gasteiger partial charge in [0.25, 0.3) is 5.91 Å². The number of aromatic amines is 1. The summed E-state index contributed by atoms with van der Waals surface area (Å²) in [6.07, 6.45) is 0. The van der Waals surface area contributed by atoms with Gasteiger partial charge < -0.3 is 19.4 Å². The molecule has 0 aromatic carbocycles. The number of methoxy groups -OCH3 is 1. The maximum Gasteiger partial charge on any atom is 0.355 e. The monoisotopic (exact) mass is 398 g/mol. The maximum atomic E-state index is 12.2. The topological polar surface area (TPSA) is 88.7 Å². The predicted molar refractivity (Wildman–Crippen MR) is 97.7 cm³/mol. The van der Waals surface area contributed by atoms with Crippen molar-refractivity contribution < 1.29 is 23.9 Å². The van der Waals surface area contributed by atoms with E-state index in [2.05, 4.69) is 4.98 Å². The predicted octanol–water partition coefficient (Wildman–Crippen LogP) is 2.95. The van der Waals surface area contributed by atoms with Crippen LogP contribution >= 0.6 is 22.9 Å². The highest BCUT2D eigenvalue weighted by atomic mass is 35.5. The number of ether oxygens (including phenoxy) is 2. The van der Waals surface area contributed by atoms with E-state index >= 15 is 0 Å². The van der Waals surface area contributed by atoms with Gasteiger partial charge in [0.15, 0.2) is 6.61 Å². The number of esters is 2. The van der Waals surface area contributed by atoms with Crippen molar-refractivity contribution in [3.05, 3.63) is 43.9 Å². The van der Waals surface area contributed by atoms with Crippen LogP contribution in [0.25, 0.3) is 0 Å². The zero-order valence-electron chi connectivity index (χ0n) is 14.8. The number of aryl methyl sites for hydroxylation is 1. The first-order valence-corrected chi connectivity index (χ1v) is 8.86. The van der Waals surface area contributed by atoms with Crippen molar-refractivity contribution >= 4 is 40.8 Å². The van der Waals surface area contributed by atoms with Crippen LogP contribution in [0, 0.1) is 13.8 Å². The standard InChI is InChI=1S/C17H19ClN2O5S/c1-9-14(16(22)24-4)10(2)19-15(9)17(23)25-8-13(21)20(3)7-11-5-6-12(18)26-11/h5-6,19H,7-8H2,1-4H3. The Hall–Kier alpha value is -2.32. The summed E-state index contributed by atoms with van der Waals surface area (Å²) in [5.41, 5.74) is 1.34. The zero-order chi connectivity index (χ0) is 19.4. The number of rotatable bonds is 6. The van der Waals surface area contributed by atoms with Gasteiger partial charge in [0.1, 0.15) is 5.69 Å². The van der Waals surface area contributed by atoms with E-state index in [1.807, 2.05) is 6.07 Å². The number of H-pyrrole nitrogens is 1. The van der Waals surface area contributed by atoms with Gasteiger partial charge in [0.05, 0.1) is 23.6 Å². The molecular weight excluding hydrogens is 380 g/mol. The Balaban J connectivity index is 1.98. The van der Waals surface area contributed by atoms with Crippen molar-refractivity contribution in [3.63, 3.8) is 0 Å². The quantitative estimate of drug-likeness (QED) is 0.755. The van der Waals surface area contributed by atoms with Crippen LogP contribution in [0.15, 0.2) is 12.1 Å². The van der Waals surface area contributed by atoms with Crippen molar-refractivity contribution in [2.45, 2.75) is 20.4 Å². The third-order valence-electron chi connectivity index (χ3n) is 3.81. The maximum absolute atomic E-state index is 12.2. The fourth-order valence-corrected chi connectivity index (χ4v) is 3.57. The molecule has 0 bridgehead atoms. The first-order chi connectivity index (χ1) is 12.2. The van der Waals surface area contributed by atoms with Gasteiger partial charge in [-0.3, -0.25) is 4.79 Å². The van der Waals surface area contributed by atoms with Crippen LogP contribution in [0.5, 0.6) is 0 Å². The molecular formula is C17H19ClN2O5S. The molecule has 140 valence electrons. The minimum absolute atomic E-state index is 0.128. The SMILES string of the molecule is COC(=O)c1c(C)[nH]c(C(=O)OCC(=O)N(C)Cc2ccc(Cl)s2)c1C. The summed E-state index contributed by atoms with van der Waals surface area (Å²) in [4.78, 5) is 41.3. The number of thiophene rings is 1. The van der Waals surface area contributed by atoms with Crippen LogP contribution in [0.4, 0.5) is 0 Å². The molecule has 2 rings (SSSR count). The molecule has 0 saturated carbocycles. The second-order valence-corrected chi connectivity index (χ2v) is 7.45. The van der Waals surface area contributed by atoms with Crippen molar-refractivity contribution in [1.29, 1.82) is 0 Å². The Bertz CT molecular complexity index is 842. The normalized spacial score (nSPS) is 10.5. The van der Waals surface area contributed by atoms with Gasteiger partial charge >= 0.3 is 11.9 Å². The van der Waals surface area contributed by atoms with Gasteiger partial charge in [-0.25, -0.2) is 9.59 Å². The van der Waals surface area contributed by atoms with Crippen LogP contribution in [-0.2, 0) is 20.8 Å². The third kappa shape index (κ3) is 4.44. The lowest BCUT2D eigenvalue weighted by Crippen LogP contribution is -2.30. The van der Waals surface area contributed by atoms with Crippen LogP contribution in [0.2, 0.25) is 4.34 Å². The number of likely N-dealkylation sites (N-methyl/N-ethyl adjacent to an activating group) is 1. The molecule has 0 atom stereocenters. The summed E-state index contributed by atoms with van der Waals surface area (Å²) in [5.74, 6) is -1.60. The highest BCUT2D eigenvalue weighted by molar-refractivity contribution is 7.16. The fourth-order valence-electron chi connectivity index (χ4n) is 2.43. The van der Waals surface area contributed by atoms with Gasteiger partial charge in [0, 0.05) is 17.6 Å². The summed E-state index contributed by atoms with van der Waals surface area (Å²) in [5, 5.41) is 0. The van der Waals surface area contributed by atoms with Crippen molar-refractivity contribution in [1.82, 2.24) is 9.88 Å². The van der Waals surface area contributed by atoms with Crippen molar-refractivity contribution in [2.24, 2.45) is 0 Å². The number of aromatic nitrogens is 1. The molecule has 0 unspecified atom stereocenters. The zero-order valence-corrected chi connectivity index (χ0v) is 16.4. The van der Waals surface area contributed by atoms with Crippen LogP contribution < -0.4 is 0 Å². The lowest BCUT2D eigenvalue weighted by atomic mass is 10.1. The molecule has 0 saturated heterocycles. The fraction of sp³-hybridized carbons (Fsp3) is 0.353. The summed E-state index contributed by atoms with van der Waals surface area (Å²) in [6.45, 7) is 3.24. The lowest BCUT2D eigenvalue weighted by Gasteiger charge is -2.16. The van der Waals surface area contributed by atoms with E-state index in [0.717, 1.165) is 4.88 Å². The van der Waals surface area contributed by atoms with Crippen molar-refractivity contribution in [3.8, 4) is 0 Å². The van der Waals surface area contributed by atoms with E-state index < -0.39 is 18.5 Å². The highest BCUT2D eigenvalue weighted by Gasteiger charge is 2.24. The number of carbonyl (C=O) groups is 3. The average molecular weight is 399 g/mol. The molecule has 0 aliphatic heterocycles. The molecule has 26 heavy (non-hydrogen) atoms. The Morgan fingerprint density at radius 1 is 1.23 bits per heavy atom. The summed E-state index contributed by atoms with van der Waals surface area (Å²) >= 11 is 7.25. The van der Waals surface area contributed by atoms with Gasteiger partial charge in [-0.05, 0) is 31.5 Å². The van der Waals surface area contributed by atoms with E-state index in [-0.39, 0.29) is 17.2 Å². The Kier molecular flexibility index (Phi) is 6.44. The van der Waals surface area contributed by atoms with Gasteiger partial charge in [-0.15, -0.1) is 11.3 Å². The molecule has 1 amide bonds.